The molecule has 0 aliphatic carbocycles. The van der Waals surface area contributed by atoms with Crippen molar-refractivity contribution >= 4 is 12.4 Å². The Morgan fingerprint density at radius 2 is 2.00 bits per heavy atom. The van der Waals surface area contributed by atoms with Crippen molar-refractivity contribution in [3.63, 3.8) is 0 Å². The molecule has 3 rings (SSSR count). The summed E-state index contributed by atoms with van der Waals surface area (Å²) in [6.07, 6.45) is 0. The van der Waals surface area contributed by atoms with E-state index in [0.29, 0.717) is 11.7 Å². The quantitative estimate of drug-likeness (QED) is 0.890. The monoisotopic (exact) mass is 352 g/mol. The van der Waals surface area contributed by atoms with Crippen LogP contribution in [0.3, 0.4) is 0 Å². The lowest BCUT2D eigenvalue weighted by Crippen LogP contribution is -2.35. The molecule has 6 nitrogen and oxygen atoms in total. The minimum atomic E-state index is -0.0176. The van der Waals surface area contributed by atoms with Crippen LogP contribution in [0.2, 0.25) is 0 Å². The molecule has 0 bridgehead atoms. The number of hydrogen-bond acceptors (Lipinski definition) is 6. The molecule has 0 saturated carbocycles. The van der Waals surface area contributed by atoms with E-state index in [4.69, 9.17) is 15.0 Å². The molecule has 132 valence electrons. The topological polar surface area (TPSA) is 77.4 Å². The van der Waals surface area contributed by atoms with Crippen LogP contribution in [0.15, 0.2) is 28.8 Å². The van der Waals surface area contributed by atoms with Crippen LogP contribution in [0, 0.1) is 0 Å². The van der Waals surface area contributed by atoms with Gasteiger partial charge in [0.05, 0.1) is 19.1 Å². The van der Waals surface area contributed by atoms with Crippen molar-refractivity contribution in [2.45, 2.75) is 32.4 Å². The Bertz CT molecular complexity index is 641. The molecule has 1 saturated heterocycles. The molecule has 0 radical (unpaired) electrons. The van der Waals surface area contributed by atoms with E-state index >= 15 is 0 Å². The number of rotatable bonds is 5. The summed E-state index contributed by atoms with van der Waals surface area (Å²) >= 11 is 0. The Labute approximate surface area is 148 Å². The lowest BCUT2D eigenvalue weighted by molar-refractivity contribution is 0.0342. The summed E-state index contributed by atoms with van der Waals surface area (Å²) in [5.41, 5.74) is 8.12. The summed E-state index contributed by atoms with van der Waals surface area (Å²) in [7, 11) is 0. The zero-order valence-electron chi connectivity index (χ0n) is 14.1. The molecule has 7 heteroatoms. The van der Waals surface area contributed by atoms with E-state index in [0.717, 1.165) is 38.4 Å². The Balaban J connectivity index is 0.00000208. The second-order valence-corrected chi connectivity index (χ2v) is 6.19. The third-order valence-electron chi connectivity index (χ3n) is 4.32. The zero-order chi connectivity index (χ0) is 16.2. The number of nitrogens with two attached hydrogens (primary N) is 1. The first-order valence-electron chi connectivity index (χ1n) is 8.12. The molecule has 2 aromatic rings. The number of ether oxygens (including phenoxy) is 1. The van der Waals surface area contributed by atoms with E-state index in [1.807, 2.05) is 26.0 Å². The standard InChI is InChI=1S/C17H24N4O2.ClH/c1-12(13(2)18)17-19-16(20-23-17)15-5-3-4-14(10-15)11-21-6-8-22-9-7-21;/h3-5,10,12-13H,6-9,11,18H2,1-2H3;1H. The Morgan fingerprint density at radius 1 is 1.25 bits per heavy atom. The second kappa shape index (κ2) is 8.58. The summed E-state index contributed by atoms with van der Waals surface area (Å²) in [4.78, 5) is 6.89. The van der Waals surface area contributed by atoms with E-state index in [1.165, 1.54) is 5.56 Å². The van der Waals surface area contributed by atoms with Gasteiger partial charge in [0.15, 0.2) is 0 Å². The third-order valence-corrected chi connectivity index (χ3v) is 4.32. The maximum absolute atomic E-state index is 5.90. The minimum absolute atomic E-state index is 0. The molecular weight excluding hydrogens is 328 g/mol. The molecular formula is C17H25ClN4O2. The van der Waals surface area contributed by atoms with Crippen molar-refractivity contribution in [3.8, 4) is 11.4 Å². The largest absolute Gasteiger partial charge is 0.379 e. The van der Waals surface area contributed by atoms with Gasteiger partial charge in [0.1, 0.15) is 0 Å². The molecule has 2 heterocycles. The van der Waals surface area contributed by atoms with Crippen molar-refractivity contribution in [1.82, 2.24) is 15.0 Å². The van der Waals surface area contributed by atoms with Crippen molar-refractivity contribution < 1.29 is 9.26 Å². The predicted molar refractivity (Wildman–Crippen MR) is 95.1 cm³/mol. The number of morpholine rings is 1. The highest BCUT2D eigenvalue weighted by Crippen LogP contribution is 2.22. The molecule has 1 aromatic carbocycles. The summed E-state index contributed by atoms with van der Waals surface area (Å²) in [5.74, 6) is 1.26. The minimum Gasteiger partial charge on any atom is -0.379 e. The van der Waals surface area contributed by atoms with Gasteiger partial charge in [-0.3, -0.25) is 4.90 Å². The van der Waals surface area contributed by atoms with Crippen LogP contribution < -0.4 is 5.73 Å². The highest BCUT2D eigenvalue weighted by atomic mass is 35.5. The lowest BCUT2D eigenvalue weighted by Gasteiger charge is -2.26. The van der Waals surface area contributed by atoms with E-state index in [1.54, 1.807) is 0 Å². The lowest BCUT2D eigenvalue weighted by atomic mass is 10.1. The van der Waals surface area contributed by atoms with E-state index in [9.17, 15) is 0 Å². The Morgan fingerprint density at radius 3 is 2.71 bits per heavy atom. The average Bonchev–Trinajstić information content (AvgIpc) is 3.05. The van der Waals surface area contributed by atoms with E-state index < -0.39 is 0 Å². The van der Waals surface area contributed by atoms with Gasteiger partial charge in [-0.15, -0.1) is 12.4 Å². The SMILES string of the molecule is CC(N)C(C)c1nc(-c2cccc(CN3CCOCC3)c2)no1.Cl. The van der Waals surface area contributed by atoms with Gasteiger partial charge >= 0.3 is 0 Å². The Kier molecular flexibility index (Phi) is 6.74. The summed E-state index contributed by atoms with van der Waals surface area (Å²) in [6, 6.07) is 8.28. The molecule has 2 unspecified atom stereocenters. The van der Waals surface area contributed by atoms with Crippen LogP contribution in [0.4, 0.5) is 0 Å². The van der Waals surface area contributed by atoms with Gasteiger partial charge in [-0.25, -0.2) is 0 Å². The van der Waals surface area contributed by atoms with Gasteiger partial charge in [0.25, 0.3) is 0 Å². The maximum atomic E-state index is 5.90. The first-order chi connectivity index (χ1) is 11.1. The second-order valence-electron chi connectivity index (χ2n) is 6.19. The fourth-order valence-electron chi connectivity index (χ4n) is 2.59. The van der Waals surface area contributed by atoms with Crippen LogP contribution in [0.1, 0.15) is 31.2 Å². The van der Waals surface area contributed by atoms with Crippen LogP contribution in [0.5, 0.6) is 0 Å². The smallest absolute Gasteiger partial charge is 0.231 e. The van der Waals surface area contributed by atoms with Gasteiger partial charge in [0.2, 0.25) is 11.7 Å². The molecule has 24 heavy (non-hydrogen) atoms. The number of benzene rings is 1. The molecule has 0 amide bonds. The number of nitrogens with zero attached hydrogens (tertiary/aromatic N) is 3. The first kappa shape index (κ1) is 18.9. The molecule has 1 aromatic heterocycles. The first-order valence-corrected chi connectivity index (χ1v) is 8.12. The molecule has 1 aliphatic heterocycles. The van der Waals surface area contributed by atoms with Gasteiger partial charge in [-0.2, -0.15) is 4.98 Å². The maximum Gasteiger partial charge on any atom is 0.231 e. The van der Waals surface area contributed by atoms with Gasteiger partial charge in [-0.05, 0) is 18.6 Å². The van der Waals surface area contributed by atoms with E-state index in [-0.39, 0.29) is 24.4 Å². The summed E-state index contributed by atoms with van der Waals surface area (Å²) in [6.45, 7) is 8.42. The molecule has 0 spiro atoms. The third kappa shape index (κ3) is 4.54. The van der Waals surface area contributed by atoms with Gasteiger partial charge < -0.3 is 15.0 Å². The highest BCUT2D eigenvalue weighted by Gasteiger charge is 2.19. The Hall–Kier alpha value is -1.47. The fraction of sp³-hybridized carbons (Fsp3) is 0.529. The molecule has 2 atom stereocenters. The predicted octanol–water partition coefficient (Wildman–Crippen LogP) is 2.44. The summed E-state index contributed by atoms with van der Waals surface area (Å²) in [5, 5.41) is 4.10. The number of aromatic nitrogens is 2. The molecule has 2 N–H and O–H groups in total. The van der Waals surface area contributed by atoms with Crippen molar-refractivity contribution in [2.75, 3.05) is 26.3 Å². The molecule has 1 aliphatic rings. The summed E-state index contributed by atoms with van der Waals surface area (Å²) < 4.78 is 10.8. The van der Waals surface area contributed by atoms with Crippen LogP contribution in [0.25, 0.3) is 11.4 Å². The fourth-order valence-corrected chi connectivity index (χ4v) is 2.59. The van der Waals surface area contributed by atoms with Crippen molar-refractivity contribution in [3.05, 3.63) is 35.7 Å². The van der Waals surface area contributed by atoms with Crippen molar-refractivity contribution in [2.24, 2.45) is 5.73 Å². The molecule has 1 fully saturated rings. The van der Waals surface area contributed by atoms with Gasteiger partial charge in [0, 0.05) is 31.2 Å². The van der Waals surface area contributed by atoms with Crippen molar-refractivity contribution in [1.29, 1.82) is 0 Å². The van der Waals surface area contributed by atoms with Crippen LogP contribution >= 0.6 is 12.4 Å². The van der Waals surface area contributed by atoms with Crippen LogP contribution in [-0.4, -0.2) is 47.4 Å². The van der Waals surface area contributed by atoms with Gasteiger partial charge in [-0.1, -0.05) is 30.3 Å². The number of halogens is 1. The normalized spacial score (nSPS) is 18.0. The number of hydrogen-bond donors (Lipinski definition) is 1. The van der Waals surface area contributed by atoms with Crippen LogP contribution in [-0.2, 0) is 11.3 Å². The van der Waals surface area contributed by atoms with E-state index in [2.05, 4.69) is 27.2 Å². The highest BCUT2D eigenvalue weighted by molar-refractivity contribution is 5.85. The zero-order valence-corrected chi connectivity index (χ0v) is 15.0. The average molecular weight is 353 g/mol.